The Hall–Kier alpha value is -3.76. The zero-order valence-corrected chi connectivity index (χ0v) is 18.3. The van der Waals surface area contributed by atoms with E-state index in [1.54, 1.807) is 49.4 Å². The van der Waals surface area contributed by atoms with Crippen molar-refractivity contribution in [1.82, 2.24) is 4.68 Å². The average Bonchev–Trinajstić information content (AvgIpc) is 3.31. The third kappa shape index (κ3) is 3.20. The molecule has 5 rings (SSSR count). The highest BCUT2D eigenvalue weighted by molar-refractivity contribution is 7.90. The monoisotopic (exact) mass is 464 g/mol. The summed E-state index contributed by atoms with van der Waals surface area (Å²) in [7, 11) is -4.07. The fourth-order valence-corrected chi connectivity index (χ4v) is 5.35. The summed E-state index contributed by atoms with van der Waals surface area (Å²) in [5.41, 5.74) is 1.12. The van der Waals surface area contributed by atoms with Gasteiger partial charge in [-0.25, -0.2) is 0 Å². The molecule has 1 aliphatic heterocycles. The number of para-hydroxylation sites is 2. The van der Waals surface area contributed by atoms with E-state index in [0.717, 1.165) is 10.2 Å². The highest BCUT2D eigenvalue weighted by Gasteiger charge is 2.29. The summed E-state index contributed by atoms with van der Waals surface area (Å²) >= 11 is 1.50. The number of pyridine rings is 1. The number of aromatic hydroxyl groups is 1. The van der Waals surface area contributed by atoms with Crippen LogP contribution < -0.4 is 10.9 Å². The van der Waals surface area contributed by atoms with Crippen molar-refractivity contribution in [2.24, 2.45) is 9.50 Å². The summed E-state index contributed by atoms with van der Waals surface area (Å²) in [6.07, 6.45) is 0. The van der Waals surface area contributed by atoms with E-state index in [-0.39, 0.29) is 27.7 Å². The van der Waals surface area contributed by atoms with Gasteiger partial charge in [-0.3, -0.25) is 4.79 Å². The van der Waals surface area contributed by atoms with Crippen molar-refractivity contribution in [3.63, 3.8) is 0 Å². The van der Waals surface area contributed by atoms with Crippen LogP contribution in [0.4, 0.5) is 5.69 Å². The van der Waals surface area contributed by atoms with Gasteiger partial charge in [-0.05, 0) is 48.0 Å². The van der Waals surface area contributed by atoms with Gasteiger partial charge in [0.2, 0.25) is 0 Å². The van der Waals surface area contributed by atoms with Gasteiger partial charge >= 0.3 is 0 Å². The van der Waals surface area contributed by atoms with Crippen LogP contribution in [0, 0.1) is 0 Å². The van der Waals surface area contributed by atoms with E-state index in [1.165, 1.54) is 17.4 Å². The second kappa shape index (κ2) is 7.43. The number of hydrogen-bond acceptors (Lipinski definition) is 7. The quantitative estimate of drug-likeness (QED) is 0.450. The van der Waals surface area contributed by atoms with E-state index in [0.29, 0.717) is 16.6 Å². The van der Waals surface area contributed by atoms with E-state index in [4.69, 9.17) is 0 Å². The number of benzene rings is 2. The van der Waals surface area contributed by atoms with E-state index in [9.17, 15) is 18.3 Å². The summed E-state index contributed by atoms with van der Waals surface area (Å²) < 4.78 is 30.4. The maximum Gasteiger partial charge on any atom is 0.286 e. The molecule has 8 nitrogen and oxygen atoms in total. The first-order valence-electron chi connectivity index (χ1n) is 9.53. The van der Waals surface area contributed by atoms with Crippen molar-refractivity contribution < 1.29 is 13.5 Å². The molecule has 2 aromatic heterocycles. The number of thiophene rings is 1. The first-order chi connectivity index (χ1) is 15.4. The van der Waals surface area contributed by atoms with Crippen LogP contribution in [-0.2, 0) is 10.0 Å². The number of nitrogens with zero attached hydrogens (tertiary/aromatic N) is 3. The van der Waals surface area contributed by atoms with Crippen LogP contribution in [0.15, 0.2) is 84.5 Å². The fraction of sp³-hybridized carbons (Fsp3) is 0.0455. The predicted octanol–water partition coefficient (Wildman–Crippen LogP) is 3.60. The summed E-state index contributed by atoms with van der Waals surface area (Å²) in [5, 5.41) is 22.5. The zero-order valence-electron chi connectivity index (χ0n) is 16.7. The van der Waals surface area contributed by atoms with E-state index < -0.39 is 15.6 Å². The molecule has 2 aromatic carbocycles. The number of sulfonamides is 1. The standard InChI is InChI=1S/C22H16N4O4S2/c1-13(14-10-11-31-12-14)24-26-17-8-4-2-6-15(17)20(27)19(22(26)28)21-23-16-7-3-5-9-18(16)32(29,30)25-21/h2-12,27H,1H3,(H,23,25). The SMILES string of the molecule is CC(=Nn1c(=O)c(C2=NS(=O)(=O)c3ccccc3N2)c(O)c2ccccc21)c1ccsc1. The number of nitrogens with one attached hydrogen (secondary N) is 1. The molecule has 4 aromatic rings. The minimum absolute atomic E-state index is 0.00400. The highest BCUT2D eigenvalue weighted by Crippen LogP contribution is 2.32. The molecule has 2 N–H and O–H groups in total. The molecule has 0 amide bonds. The Labute approximate surface area is 186 Å². The summed E-state index contributed by atoms with van der Waals surface area (Å²) in [6, 6.07) is 14.8. The Morgan fingerprint density at radius 3 is 2.66 bits per heavy atom. The lowest BCUT2D eigenvalue weighted by Gasteiger charge is -2.19. The van der Waals surface area contributed by atoms with Gasteiger partial charge in [0, 0.05) is 10.9 Å². The first-order valence-corrected chi connectivity index (χ1v) is 11.9. The molecule has 10 heteroatoms. The molecule has 0 bridgehead atoms. The topological polar surface area (TPSA) is 113 Å². The Morgan fingerprint density at radius 1 is 1.12 bits per heavy atom. The van der Waals surface area contributed by atoms with Gasteiger partial charge < -0.3 is 10.4 Å². The maximum absolute atomic E-state index is 13.5. The van der Waals surface area contributed by atoms with Gasteiger partial charge in [-0.15, -0.1) is 4.40 Å². The molecule has 1 aliphatic rings. The van der Waals surface area contributed by atoms with Gasteiger partial charge in [0.25, 0.3) is 15.6 Å². The summed E-state index contributed by atoms with van der Waals surface area (Å²) in [6.45, 7) is 1.77. The molecule has 0 spiro atoms. The fourth-order valence-electron chi connectivity index (χ4n) is 3.52. The van der Waals surface area contributed by atoms with E-state index >= 15 is 0 Å². The first kappa shape index (κ1) is 20.2. The maximum atomic E-state index is 13.5. The Balaban J connectivity index is 1.80. The lowest BCUT2D eigenvalue weighted by Crippen LogP contribution is -2.31. The molecular weight excluding hydrogens is 448 g/mol. The van der Waals surface area contributed by atoms with Crippen molar-refractivity contribution in [3.8, 4) is 5.75 Å². The molecule has 0 aliphatic carbocycles. The molecule has 3 heterocycles. The van der Waals surface area contributed by atoms with Gasteiger partial charge in [-0.1, -0.05) is 24.3 Å². The molecule has 0 atom stereocenters. The lowest BCUT2D eigenvalue weighted by molar-refractivity contribution is 0.478. The summed E-state index contributed by atoms with van der Waals surface area (Å²) in [5.74, 6) is -0.625. The molecule has 0 fully saturated rings. The number of amidine groups is 1. The predicted molar refractivity (Wildman–Crippen MR) is 126 cm³/mol. The van der Waals surface area contributed by atoms with Crippen LogP contribution in [0.2, 0.25) is 0 Å². The number of rotatable bonds is 3. The Bertz CT molecular complexity index is 1600. The van der Waals surface area contributed by atoms with E-state index in [2.05, 4.69) is 14.8 Å². The number of aromatic nitrogens is 1. The van der Waals surface area contributed by atoms with Gasteiger partial charge in [0.1, 0.15) is 16.2 Å². The van der Waals surface area contributed by atoms with Gasteiger partial charge in [0.05, 0.1) is 16.9 Å². The van der Waals surface area contributed by atoms with Gasteiger partial charge in [0.15, 0.2) is 5.84 Å². The second-order valence-electron chi connectivity index (χ2n) is 7.09. The van der Waals surface area contributed by atoms with Crippen molar-refractivity contribution >= 4 is 49.5 Å². The minimum Gasteiger partial charge on any atom is -0.506 e. The highest BCUT2D eigenvalue weighted by atomic mass is 32.2. The molecule has 0 saturated carbocycles. The Kier molecular flexibility index (Phi) is 4.68. The molecule has 0 radical (unpaired) electrons. The van der Waals surface area contributed by atoms with Crippen LogP contribution >= 0.6 is 11.3 Å². The van der Waals surface area contributed by atoms with E-state index in [1.807, 2.05) is 16.8 Å². The molecular formula is C22H16N4O4S2. The second-order valence-corrected chi connectivity index (χ2v) is 9.44. The zero-order chi connectivity index (χ0) is 22.5. The van der Waals surface area contributed by atoms with Crippen molar-refractivity contribution in [1.29, 1.82) is 0 Å². The lowest BCUT2D eigenvalue weighted by atomic mass is 10.1. The number of fused-ring (bicyclic) bond motifs is 2. The van der Waals surface area contributed by atoms with Crippen molar-refractivity contribution in [2.75, 3.05) is 5.32 Å². The molecule has 160 valence electrons. The summed E-state index contributed by atoms with van der Waals surface area (Å²) in [4.78, 5) is 13.5. The third-order valence-electron chi connectivity index (χ3n) is 5.09. The third-order valence-corrected chi connectivity index (χ3v) is 7.10. The average molecular weight is 465 g/mol. The van der Waals surface area contributed by atoms with Crippen LogP contribution in [0.3, 0.4) is 0 Å². The smallest absolute Gasteiger partial charge is 0.286 e. The van der Waals surface area contributed by atoms with Gasteiger partial charge in [-0.2, -0.15) is 29.5 Å². The van der Waals surface area contributed by atoms with Crippen LogP contribution in [0.5, 0.6) is 5.75 Å². The molecule has 32 heavy (non-hydrogen) atoms. The number of hydrogen-bond donors (Lipinski definition) is 2. The largest absolute Gasteiger partial charge is 0.506 e. The molecule has 0 saturated heterocycles. The number of anilines is 1. The van der Waals surface area contributed by atoms with Crippen molar-refractivity contribution in [3.05, 3.63) is 86.8 Å². The minimum atomic E-state index is -4.07. The van der Waals surface area contributed by atoms with Crippen molar-refractivity contribution in [2.45, 2.75) is 11.8 Å². The normalized spacial score (nSPS) is 15.2. The Morgan fingerprint density at radius 2 is 1.88 bits per heavy atom. The van der Waals surface area contributed by atoms with Crippen LogP contribution in [0.1, 0.15) is 18.1 Å². The van der Waals surface area contributed by atoms with Crippen LogP contribution in [-0.4, -0.2) is 29.7 Å². The molecule has 0 unspecified atom stereocenters. The van der Waals surface area contributed by atoms with Crippen LogP contribution in [0.25, 0.3) is 10.9 Å².